The number of nitrogen functional groups attached to an aromatic ring is 1. The number of nitrogens with zero attached hydrogens (tertiary/aromatic N) is 4. The number of hydrogen-bond donors (Lipinski definition) is 8. The second-order valence-corrected chi connectivity index (χ2v) is 11.1. The summed E-state index contributed by atoms with van der Waals surface area (Å²) < 4.78 is 6.62. The molecule has 0 aliphatic carbocycles. The highest BCUT2D eigenvalue weighted by Gasteiger charge is 2.45. The van der Waals surface area contributed by atoms with E-state index in [2.05, 4.69) is 30.9 Å². The molecular formula is C31H36N8O8. The summed E-state index contributed by atoms with van der Waals surface area (Å²) in [6, 6.07) is 13.9. The number of aromatic nitrogens is 4. The van der Waals surface area contributed by atoms with E-state index in [1.807, 2.05) is 6.07 Å². The largest absolute Gasteiger partial charge is 0.394 e. The summed E-state index contributed by atoms with van der Waals surface area (Å²) in [5.41, 5.74) is 7.94. The number of benzene rings is 2. The number of nitrogens with two attached hydrogens (primary N) is 1. The molecule has 3 amide bonds. The molecule has 0 spiro atoms. The van der Waals surface area contributed by atoms with Gasteiger partial charge in [-0.3, -0.25) is 14.4 Å². The molecule has 248 valence electrons. The van der Waals surface area contributed by atoms with Crippen LogP contribution in [0.4, 0.5) is 5.82 Å². The molecule has 1 fully saturated rings. The summed E-state index contributed by atoms with van der Waals surface area (Å²) in [5, 5.41) is 48.6. The molecule has 47 heavy (non-hydrogen) atoms. The molecule has 0 saturated carbocycles. The summed E-state index contributed by atoms with van der Waals surface area (Å²) in [6.07, 6.45) is -3.57. The van der Waals surface area contributed by atoms with Crippen LogP contribution in [0.25, 0.3) is 11.2 Å². The molecule has 2 unspecified atom stereocenters. The molecule has 7 atom stereocenters. The monoisotopic (exact) mass is 648 g/mol. The number of rotatable bonds is 12. The first kappa shape index (κ1) is 33.4. The number of anilines is 1. The fraction of sp³-hybridized carbons (Fsp3) is 0.355. The van der Waals surface area contributed by atoms with E-state index in [0.717, 1.165) is 5.56 Å². The van der Waals surface area contributed by atoms with Crippen molar-refractivity contribution in [3.8, 4) is 0 Å². The Kier molecular flexibility index (Phi) is 10.7. The molecular weight excluding hydrogens is 612 g/mol. The molecule has 16 heteroatoms. The molecule has 1 aliphatic heterocycles. The van der Waals surface area contributed by atoms with E-state index < -0.39 is 67.1 Å². The van der Waals surface area contributed by atoms with Gasteiger partial charge in [0.2, 0.25) is 17.7 Å². The van der Waals surface area contributed by atoms with Crippen LogP contribution in [0.15, 0.2) is 73.3 Å². The quantitative estimate of drug-likeness (QED) is 0.0814. The number of amides is 3. The van der Waals surface area contributed by atoms with Crippen LogP contribution in [0.5, 0.6) is 0 Å². The summed E-state index contributed by atoms with van der Waals surface area (Å²) in [4.78, 5) is 52.9. The Labute approximate surface area is 268 Å². The third kappa shape index (κ3) is 8.05. The minimum atomic E-state index is -1.76. The summed E-state index contributed by atoms with van der Waals surface area (Å²) in [7, 11) is 0. The van der Waals surface area contributed by atoms with Crippen molar-refractivity contribution in [3.63, 3.8) is 0 Å². The molecule has 0 bridgehead atoms. The van der Waals surface area contributed by atoms with E-state index in [9.17, 15) is 34.8 Å². The molecule has 4 aromatic rings. The Hall–Kier alpha value is -5.00. The second kappa shape index (κ2) is 15.1. The number of carbonyl (C=O) groups excluding carboxylic acids is 3. The third-order valence-corrected chi connectivity index (χ3v) is 7.80. The minimum absolute atomic E-state index is 0.00809. The number of aliphatic hydroxyl groups excluding tert-OH is 4. The van der Waals surface area contributed by atoms with Gasteiger partial charge in [0.15, 0.2) is 17.8 Å². The highest BCUT2D eigenvalue weighted by molar-refractivity contribution is 5.93. The lowest BCUT2D eigenvalue weighted by molar-refractivity contribution is -0.254. The molecule has 0 radical (unpaired) electrons. The van der Waals surface area contributed by atoms with Gasteiger partial charge in [-0.2, -0.15) is 0 Å². The molecule has 2 aromatic heterocycles. The topological polar surface area (TPSA) is 247 Å². The number of fused-ring (bicyclic) bond motifs is 1. The zero-order valence-electron chi connectivity index (χ0n) is 25.1. The van der Waals surface area contributed by atoms with Crippen LogP contribution < -0.4 is 21.7 Å². The van der Waals surface area contributed by atoms with Gasteiger partial charge < -0.3 is 51.4 Å². The van der Waals surface area contributed by atoms with Crippen molar-refractivity contribution in [3.05, 3.63) is 84.4 Å². The van der Waals surface area contributed by atoms with Gasteiger partial charge in [-0.25, -0.2) is 15.0 Å². The van der Waals surface area contributed by atoms with Gasteiger partial charge in [-0.1, -0.05) is 60.7 Å². The predicted octanol–water partition coefficient (Wildman–Crippen LogP) is -2.22. The van der Waals surface area contributed by atoms with Crippen LogP contribution in [-0.4, -0.2) is 107 Å². The summed E-state index contributed by atoms with van der Waals surface area (Å²) >= 11 is 0. The molecule has 1 aliphatic rings. The maximum Gasteiger partial charge on any atom is 0.243 e. The summed E-state index contributed by atoms with van der Waals surface area (Å²) in [6.45, 7) is -0.913. The molecule has 9 N–H and O–H groups in total. The van der Waals surface area contributed by atoms with Crippen LogP contribution in [0.3, 0.4) is 0 Å². The Morgan fingerprint density at radius 2 is 1.47 bits per heavy atom. The maximum atomic E-state index is 13.8. The number of nitrogens with one attached hydrogen (secondary N) is 3. The van der Waals surface area contributed by atoms with Crippen LogP contribution in [-0.2, 0) is 38.5 Å². The smallest absolute Gasteiger partial charge is 0.243 e. The van der Waals surface area contributed by atoms with E-state index >= 15 is 0 Å². The third-order valence-electron chi connectivity index (χ3n) is 7.80. The molecule has 5 rings (SSSR count). The van der Waals surface area contributed by atoms with E-state index in [4.69, 9.17) is 10.5 Å². The fourth-order valence-corrected chi connectivity index (χ4v) is 5.32. The fourth-order valence-electron chi connectivity index (χ4n) is 5.32. The Bertz CT molecular complexity index is 1670. The van der Waals surface area contributed by atoms with Gasteiger partial charge >= 0.3 is 0 Å². The molecule has 1 saturated heterocycles. The van der Waals surface area contributed by atoms with Gasteiger partial charge in [-0.15, -0.1) is 0 Å². The van der Waals surface area contributed by atoms with Crippen LogP contribution >= 0.6 is 0 Å². The minimum Gasteiger partial charge on any atom is -0.394 e. The number of carbonyl (C=O) groups is 3. The SMILES string of the molecule is Nc1ncnc2c1ncn2CC(=O)NC(Cc1ccccc1)C(=O)NC(Cc1ccccc1)C(=O)N[C@@H]1[C@@H](O)[C@H](O)[C@@H](CO)O[C@H]1O. The lowest BCUT2D eigenvalue weighted by Crippen LogP contribution is -2.66. The lowest BCUT2D eigenvalue weighted by atomic mass is 9.96. The number of ether oxygens (including phenoxy) is 1. The standard InChI is InChI=1S/C31H36N8O8/c32-27-24-28(34-15-33-27)39(16-35-24)13-22(41)36-19(11-17-7-3-1-4-8-17)29(44)37-20(12-18-9-5-2-6-10-18)30(45)38-23-26(43)25(42)21(14-40)47-31(23)46/h1-10,15-16,19-21,23,25-26,31,40,42-43,46H,11-14H2,(H,36,41)(H,37,44)(H,38,45)(H2,32,33,34)/t19?,20?,21-,23-,25-,26-,31-/m1/s1. The summed E-state index contributed by atoms with van der Waals surface area (Å²) in [5.74, 6) is -1.86. The number of imidazole rings is 1. The van der Waals surface area contributed by atoms with E-state index in [0.29, 0.717) is 16.7 Å². The number of aliphatic hydroxyl groups is 4. The first-order valence-corrected chi connectivity index (χ1v) is 14.8. The zero-order chi connectivity index (χ0) is 33.5. The van der Waals surface area contributed by atoms with E-state index in [-0.39, 0.29) is 25.2 Å². The Balaban J connectivity index is 1.35. The van der Waals surface area contributed by atoms with Crippen molar-refractivity contribution in [2.24, 2.45) is 0 Å². The highest BCUT2D eigenvalue weighted by Crippen LogP contribution is 2.20. The average molecular weight is 649 g/mol. The second-order valence-electron chi connectivity index (χ2n) is 11.1. The average Bonchev–Trinajstić information content (AvgIpc) is 3.48. The lowest BCUT2D eigenvalue weighted by Gasteiger charge is -2.40. The number of hydrogen-bond acceptors (Lipinski definition) is 12. The van der Waals surface area contributed by atoms with Gasteiger partial charge in [-0.05, 0) is 11.1 Å². The van der Waals surface area contributed by atoms with Gasteiger partial charge in [0.1, 0.15) is 54.8 Å². The molecule has 3 heterocycles. The molecule has 16 nitrogen and oxygen atoms in total. The van der Waals surface area contributed by atoms with Gasteiger partial charge in [0, 0.05) is 12.8 Å². The van der Waals surface area contributed by atoms with Crippen LogP contribution in [0.2, 0.25) is 0 Å². The van der Waals surface area contributed by atoms with Crippen molar-refractivity contribution < 1.29 is 39.5 Å². The van der Waals surface area contributed by atoms with Crippen LogP contribution in [0.1, 0.15) is 11.1 Å². The Morgan fingerprint density at radius 1 is 0.851 bits per heavy atom. The first-order valence-electron chi connectivity index (χ1n) is 14.8. The predicted molar refractivity (Wildman–Crippen MR) is 166 cm³/mol. The van der Waals surface area contributed by atoms with Crippen molar-refractivity contribution in [2.45, 2.75) is 62.1 Å². The Morgan fingerprint density at radius 3 is 2.09 bits per heavy atom. The highest BCUT2D eigenvalue weighted by atomic mass is 16.6. The molecule has 2 aromatic carbocycles. The van der Waals surface area contributed by atoms with Gasteiger partial charge in [0.05, 0.1) is 12.9 Å². The van der Waals surface area contributed by atoms with E-state index in [1.165, 1.54) is 17.2 Å². The van der Waals surface area contributed by atoms with Gasteiger partial charge in [0.25, 0.3) is 0 Å². The maximum absolute atomic E-state index is 13.8. The van der Waals surface area contributed by atoms with E-state index in [1.54, 1.807) is 54.6 Å². The zero-order valence-corrected chi connectivity index (χ0v) is 25.1. The normalized spacial score (nSPS) is 22.3. The van der Waals surface area contributed by atoms with Crippen LogP contribution in [0, 0.1) is 0 Å². The van der Waals surface area contributed by atoms with Crippen molar-refractivity contribution in [1.29, 1.82) is 0 Å². The van der Waals surface area contributed by atoms with Crippen molar-refractivity contribution in [1.82, 2.24) is 35.5 Å². The first-order chi connectivity index (χ1) is 22.6. The van der Waals surface area contributed by atoms with Crippen molar-refractivity contribution in [2.75, 3.05) is 12.3 Å². The van der Waals surface area contributed by atoms with Crippen molar-refractivity contribution >= 4 is 34.7 Å².